The van der Waals surface area contributed by atoms with Crippen molar-refractivity contribution in [3.05, 3.63) is 88.9 Å². The molecule has 3 aromatic carbocycles. The van der Waals surface area contributed by atoms with Crippen LogP contribution in [0.4, 0.5) is 18.9 Å². The lowest BCUT2D eigenvalue weighted by molar-refractivity contribution is -0.137. The van der Waals surface area contributed by atoms with Gasteiger partial charge in [0.1, 0.15) is 21.3 Å². The summed E-state index contributed by atoms with van der Waals surface area (Å²) in [5, 5.41) is 10.0. The number of hydrogen-bond donors (Lipinski definition) is 0. The average molecular weight is 577 g/mol. The molecule has 1 atom stereocenters. The van der Waals surface area contributed by atoms with E-state index < -0.39 is 27.6 Å². The van der Waals surface area contributed by atoms with Crippen molar-refractivity contribution in [3.63, 3.8) is 0 Å². The van der Waals surface area contributed by atoms with Gasteiger partial charge in [-0.1, -0.05) is 23.7 Å². The fourth-order valence-electron chi connectivity index (χ4n) is 4.33. The molecule has 0 aliphatic carbocycles. The van der Waals surface area contributed by atoms with Crippen LogP contribution in [0.2, 0.25) is 5.02 Å². The molecule has 1 aliphatic rings. The molecule has 39 heavy (non-hydrogen) atoms. The van der Waals surface area contributed by atoms with Crippen molar-refractivity contribution < 1.29 is 26.3 Å². The topological polar surface area (TPSA) is 86.0 Å². The number of nitrogens with zero attached hydrogens (tertiary/aromatic N) is 4. The molecule has 7 nitrogen and oxygen atoms in total. The highest BCUT2D eigenvalue weighted by Gasteiger charge is 2.39. The van der Waals surface area contributed by atoms with Crippen LogP contribution in [0.5, 0.6) is 11.5 Å². The monoisotopic (exact) mass is 576 g/mol. The Morgan fingerprint density at radius 3 is 2.31 bits per heavy atom. The van der Waals surface area contributed by atoms with Crippen molar-refractivity contribution >= 4 is 33.1 Å². The zero-order valence-corrected chi connectivity index (χ0v) is 22.3. The highest BCUT2D eigenvalue weighted by Crippen LogP contribution is 2.38. The molecule has 1 unspecified atom stereocenters. The molecule has 0 amide bonds. The first kappa shape index (κ1) is 28.3. The summed E-state index contributed by atoms with van der Waals surface area (Å²) in [6, 6.07) is 18.0. The normalized spacial score (nSPS) is 16.9. The Bertz CT molecular complexity index is 1490. The molecule has 1 fully saturated rings. The van der Waals surface area contributed by atoms with Crippen LogP contribution >= 0.6 is 11.6 Å². The first-order valence-electron chi connectivity index (χ1n) is 11.8. The maximum absolute atomic E-state index is 13.5. The van der Waals surface area contributed by atoms with Crippen LogP contribution in [0.15, 0.2) is 77.8 Å². The zero-order chi connectivity index (χ0) is 28.2. The average Bonchev–Trinajstić information content (AvgIpc) is 3.23. The van der Waals surface area contributed by atoms with Gasteiger partial charge in [0.15, 0.2) is 0 Å². The molecule has 3 aromatic rings. The quantitative estimate of drug-likeness (QED) is 0.293. The van der Waals surface area contributed by atoms with Crippen LogP contribution < -0.4 is 9.64 Å². The third kappa shape index (κ3) is 7.22. The largest absolute Gasteiger partial charge is 0.457 e. The molecule has 4 rings (SSSR count). The van der Waals surface area contributed by atoms with Gasteiger partial charge in [-0.2, -0.15) is 18.4 Å². The fourth-order valence-corrected chi connectivity index (χ4v) is 5.11. The highest BCUT2D eigenvalue weighted by atomic mass is 35.5. The molecule has 0 aromatic heterocycles. The summed E-state index contributed by atoms with van der Waals surface area (Å²) >= 11 is 5.92. The van der Waals surface area contributed by atoms with Crippen molar-refractivity contribution in [2.75, 3.05) is 30.0 Å². The van der Waals surface area contributed by atoms with E-state index in [9.17, 15) is 26.9 Å². The third-order valence-electron chi connectivity index (χ3n) is 6.06. The van der Waals surface area contributed by atoms with Gasteiger partial charge in [0.2, 0.25) is 12.2 Å². The summed E-state index contributed by atoms with van der Waals surface area (Å²) in [4.78, 5) is 7.39. The first-order chi connectivity index (χ1) is 18.4. The number of rotatable bonds is 8. The fraction of sp³-hybridized carbons (Fsp3) is 0.259. The standard InChI is InChI=1S/C27H24ClF3N4O3S/c1-39(36,37)15-3-14-34-17-25(19-4-2-5-20(16-19)27(29,30)31)35(26(34)33-18-32)22-8-12-24(13-9-22)38-23-10-6-21(28)7-11-23/h2,4-13,16,25H,3,14-15,17H2,1H3/b33-26+. The van der Waals surface area contributed by atoms with Gasteiger partial charge in [-0.15, -0.1) is 4.99 Å². The summed E-state index contributed by atoms with van der Waals surface area (Å²) in [5.74, 6) is 1.23. The number of benzene rings is 3. The minimum atomic E-state index is -4.53. The van der Waals surface area contributed by atoms with Crippen LogP contribution in [0, 0.1) is 11.5 Å². The first-order valence-corrected chi connectivity index (χ1v) is 14.3. The second kappa shape index (κ2) is 11.6. The Kier molecular flexibility index (Phi) is 8.37. The Hall–Kier alpha value is -3.75. The molecule has 1 saturated heterocycles. The number of sulfone groups is 1. The number of ether oxygens (including phenoxy) is 1. The lowest BCUT2D eigenvalue weighted by Gasteiger charge is -2.26. The van der Waals surface area contributed by atoms with Gasteiger partial charge in [0.25, 0.3) is 0 Å². The molecule has 0 spiro atoms. The number of anilines is 1. The molecular formula is C27H24ClF3N4O3S. The summed E-state index contributed by atoms with van der Waals surface area (Å²) in [7, 11) is -3.22. The third-order valence-corrected chi connectivity index (χ3v) is 7.34. The van der Waals surface area contributed by atoms with Crippen LogP contribution in [0.1, 0.15) is 23.6 Å². The van der Waals surface area contributed by atoms with E-state index in [0.717, 1.165) is 18.4 Å². The highest BCUT2D eigenvalue weighted by molar-refractivity contribution is 7.90. The summed E-state index contributed by atoms with van der Waals surface area (Å²) in [6.07, 6.45) is -1.36. The maximum Gasteiger partial charge on any atom is 0.416 e. The van der Waals surface area contributed by atoms with Gasteiger partial charge in [0.05, 0.1) is 17.4 Å². The van der Waals surface area contributed by atoms with Gasteiger partial charge in [-0.25, -0.2) is 8.42 Å². The molecule has 204 valence electrons. The number of nitriles is 1. The van der Waals surface area contributed by atoms with Crippen molar-refractivity contribution in [2.45, 2.75) is 18.6 Å². The molecule has 1 aliphatic heterocycles. The van der Waals surface area contributed by atoms with E-state index in [4.69, 9.17) is 16.3 Å². The molecule has 12 heteroatoms. The number of alkyl halides is 3. The van der Waals surface area contributed by atoms with E-state index in [1.165, 1.54) is 6.07 Å². The van der Waals surface area contributed by atoms with Crippen LogP contribution in [0.3, 0.4) is 0 Å². The van der Waals surface area contributed by atoms with Crippen LogP contribution in [0.25, 0.3) is 0 Å². The van der Waals surface area contributed by atoms with Gasteiger partial charge < -0.3 is 14.5 Å². The minimum absolute atomic E-state index is 0.0751. The maximum atomic E-state index is 13.5. The van der Waals surface area contributed by atoms with E-state index >= 15 is 0 Å². The summed E-state index contributed by atoms with van der Waals surface area (Å²) in [5.41, 5.74) is 0.156. The molecule has 0 bridgehead atoms. The van der Waals surface area contributed by atoms with Gasteiger partial charge in [-0.05, 0) is 72.6 Å². The lowest BCUT2D eigenvalue weighted by atomic mass is 10.0. The van der Waals surface area contributed by atoms with Crippen molar-refractivity contribution in [1.82, 2.24) is 4.90 Å². The molecule has 1 heterocycles. The van der Waals surface area contributed by atoms with Gasteiger partial charge in [0, 0.05) is 30.1 Å². The zero-order valence-electron chi connectivity index (χ0n) is 20.8. The lowest BCUT2D eigenvalue weighted by Crippen LogP contribution is -2.35. The smallest absolute Gasteiger partial charge is 0.416 e. The second-order valence-corrected chi connectivity index (χ2v) is 11.7. The second-order valence-electron chi connectivity index (χ2n) is 9.00. The van der Waals surface area contributed by atoms with E-state index in [1.54, 1.807) is 70.6 Å². The minimum Gasteiger partial charge on any atom is -0.457 e. The number of aliphatic imine (C=N–C) groups is 1. The van der Waals surface area contributed by atoms with E-state index in [-0.39, 0.29) is 31.2 Å². The van der Waals surface area contributed by atoms with Gasteiger partial charge >= 0.3 is 6.18 Å². The van der Waals surface area contributed by atoms with Crippen molar-refractivity contribution in [2.24, 2.45) is 4.99 Å². The summed E-state index contributed by atoms with van der Waals surface area (Å²) in [6.45, 7) is 0.450. The van der Waals surface area contributed by atoms with Crippen LogP contribution in [-0.4, -0.2) is 44.4 Å². The molecule has 0 saturated carbocycles. The van der Waals surface area contributed by atoms with E-state index in [1.807, 2.05) is 0 Å². The Morgan fingerprint density at radius 1 is 1.08 bits per heavy atom. The van der Waals surface area contributed by atoms with E-state index in [2.05, 4.69) is 4.99 Å². The van der Waals surface area contributed by atoms with E-state index in [0.29, 0.717) is 27.8 Å². The number of guanidine groups is 1. The number of hydrogen-bond acceptors (Lipinski definition) is 5. The predicted octanol–water partition coefficient (Wildman–Crippen LogP) is 6.29. The molecular weight excluding hydrogens is 553 g/mol. The Labute approximate surface area is 229 Å². The summed E-state index contributed by atoms with van der Waals surface area (Å²) < 4.78 is 69.7. The predicted molar refractivity (Wildman–Crippen MR) is 144 cm³/mol. The molecule has 0 radical (unpaired) electrons. The van der Waals surface area contributed by atoms with Crippen LogP contribution in [-0.2, 0) is 16.0 Å². The SMILES string of the molecule is CS(=O)(=O)CCCN1CC(c2cccc(C(F)(F)F)c2)N(c2ccc(Oc3ccc(Cl)cc3)cc2)/C1=N/C#N. The molecule has 0 N–H and O–H groups in total. The van der Waals surface area contributed by atoms with Gasteiger partial charge in [-0.3, -0.25) is 0 Å². The Morgan fingerprint density at radius 2 is 1.72 bits per heavy atom. The Balaban J connectivity index is 1.69. The van der Waals surface area contributed by atoms with Crippen molar-refractivity contribution in [1.29, 1.82) is 5.26 Å². The number of halogens is 4. The van der Waals surface area contributed by atoms with Crippen molar-refractivity contribution in [3.8, 4) is 17.7 Å².